The minimum Gasteiger partial charge on any atom is -0.497 e. The molecule has 4 rings (SSSR count). The van der Waals surface area contributed by atoms with Crippen molar-refractivity contribution in [3.63, 3.8) is 0 Å². The quantitative estimate of drug-likeness (QED) is 0.435. The molecule has 0 atom stereocenters. The Labute approximate surface area is 228 Å². The Kier molecular flexibility index (Phi) is 12.0. The number of nitrogens with one attached hydrogen (secondary N) is 2. The third kappa shape index (κ3) is 8.58. The third-order valence-electron chi connectivity index (χ3n) is 7.54. The first-order valence-electron chi connectivity index (χ1n) is 12.3. The Morgan fingerprint density at radius 1 is 0.972 bits per heavy atom. The largest absolute Gasteiger partial charge is 0.497 e. The van der Waals surface area contributed by atoms with Crippen molar-refractivity contribution in [2.45, 2.75) is 62.6 Å². The Bertz CT molecular complexity index is 1030. The van der Waals surface area contributed by atoms with E-state index in [0.717, 1.165) is 69.5 Å². The van der Waals surface area contributed by atoms with Gasteiger partial charge in [-0.15, -0.1) is 24.8 Å². The second kappa shape index (κ2) is 14.0. The van der Waals surface area contributed by atoms with E-state index in [9.17, 15) is 8.42 Å². The normalized spacial score (nSPS) is 23.3. The number of methoxy groups -OCH3 is 1. The molecule has 2 fully saturated rings. The highest BCUT2D eigenvalue weighted by Crippen LogP contribution is 2.40. The Morgan fingerprint density at radius 3 is 2.22 bits per heavy atom. The second-order valence-corrected chi connectivity index (χ2v) is 11.2. The van der Waals surface area contributed by atoms with Crippen molar-refractivity contribution < 1.29 is 13.2 Å². The van der Waals surface area contributed by atoms with Crippen LogP contribution in [-0.4, -0.2) is 52.1 Å². The topological polar surface area (TPSA) is 96.7 Å². The van der Waals surface area contributed by atoms with Gasteiger partial charge in [-0.3, -0.25) is 4.90 Å². The number of halogens is 2. The molecule has 0 aromatic heterocycles. The Hall–Kier alpha value is -1.39. The van der Waals surface area contributed by atoms with E-state index >= 15 is 0 Å². The number of rotatable bonds is 9. The smallest absolute Gasteiger partial charge is 0.274 e. The Balaban J connectivity index is 0.00000228. The molecule has 2 aromatic rings. The van der Waals surface area contributed by atoms with Gasteiger partial charge in [0.25, 0.3) is 10.2 Å². The first-order chi connectivity index (χ1) is 16.4. The van der Waals surface area contributed by atoms with Gasteiger partial charge in [0.2, 0.25) is 0 Å². The minimum absolute atomic E-state index is 0. The summed E-state index contributed by atoms with van der Waals surface area (Å²) in [5.74, 6) is 0.787. The zero-order valence-electron chi connectivity index (χ0n) is 20.9. The van der Waals surface area contributed by atoms with E-state index in [0.29, 0.717) is 18.6 Å². The molecule has 0 amide bonds. The van der Waals surface area contributed by atoms with Crippen LogP contribution < -0.4 is 19.9 Å². The van der Waals surface area contributed by atoms with Crippen LogP contribution in [0.4, 0.5) is 0 Å². The van der Waals surface area contributed by atoms with E-state index in [1.165, 1.54) is 5.56 Å². The van der Waals surface area contributed by atoms with Crippen LogP contribution in [0.5, 0.6) is 5.75 Å². The van der Waals surface area contributed by atoms with Crippen LogP contribution in [0.2, 0.25) is 0 Å². The number of likely N-dealkylation sites (tertiary alicyclic amines) is 1. The van der Waals surface area contributed by atoms with Gasteiger partial charge >= 0.3 is 0 Å². The van der Waals surface area contributed by atoms with Crippen LogP contribution in [0.15, 0.2) is 54.6 Å². The van der Waals surface area contributed by atoms with Gasteiger partial charge in [0.05, 0.1) is 7.11 Å². The molecule has 36 heavy (non-hydrogen) atoms. The molecule has 7 nitrogen and oxygen atoms in total. The van der Waals surface area contributed by atoms with Gasteiger partial charge < -0.3 is 10.1 Å². The lowest BCUT2D eigenvalue weighted by Gasteiger charge is -2.43. The van der Waals surface area contributed by atoms with Crippen molar-refractivity contribution in [3.05, 3.63) is 65.7 Å². The van der Waals surface area contributed by atoms with Crippen molar-refractivity contribution >= 4 is 35.0 Å². The van der Waals surface area contributed by atoms with Gasteiger partial charge in [-0.25, -0.2) is 9.86 Å². The molecule has 1 saturated heterocycles. The number of hydrogen-bond acceptors (Lipinski definition) is 5. The summed E-state index contributed by atoms with van der Waals surface area (Å²) in [4.78, 5) is 2.54. The van der Waals surface area contributed by atoms with Gasteiger partial charge in [0.15, 0.2) is 0 Å². The zero-order valence-corrected chi connectivity index (χ0v) is 23.3. The van der Waals surface area contributed by atoms with Crippen molar-refractivity contribution in [1.82, 2.24) is 14.9 Å². The lowest BCUT2D eigenvalue weighted by molar-refractivity contribution is 0.167. The summed E-state index contributed by atoms with van der Waals surface area (Å²) < 4.78 is 31.3. The fourth-order valence-electron chi connectivity index (χ4n) is 5.53. The molecule has 1 saturated carbocycles. The van der Waals surface area contributed by atoms with Crippen LogP contribution >= 0.6 is 24.8 Å². The third-order valence-corrected chi connectivity index (χ3v) is 8.09. The summed E-state index contributed by atoms with van der Waals surface area (Å²) in [6.45, 7) is 3.57. The van der Waals surface area contributed by atoms with E-state index in [2.05, 4.69) is 51.3 Å². The summed E-state index contributed by atoms with van der Waals surface area (Å²) in [6.07, 6.45) is 6.14. The number of nitrogens with two attached hydrogens (primary N) is 1. The number of nitrogens with zero attached hydrogens (tertiary/aromatic N) is 1. The van der Waals surface area contributed by atoms with Crippen LogP contribution in [0.3, 0.4) is 0 Å². The summed E-state index contributed by atoms with van der Waals surface area (Å²) >= 11 is 0. The standard InChI is InChI=1S/C26H38N4O3S.2ClH/c1-33-25-9-5-8-22(18-25)26(20-28-34(27,31)32)14-10-23(11-15-26)29-24-12-16-30(17-13-24)19-21-6-3-2-4-7-21;;/h2-9,18,23-24,28-29H,10-17,19-20H2,1H3,(H2,27,31,32);2*1H/t23-,26+;;. The molecular weight excluding hydrogens is 519 g/mol. The number of hydrogen-bond donors (Lipinski definition) is 3. The van der Waals surface area contributed by atoms with E-state index in [1.54, 1.807) is 7.11 Å². The average Bonchev–Trinajstić information content (AvgIpc) is 2.85. The maximum Gasteiger partial charge on any atom is 0.274 e. The van der Waals surface area contributed by atoms with Crippen LogP contribution in [0, 0.1) is 0 Å². The average molecular weight is 560 g/mol. The van der Waals surface area contributed by atoms with Gasteiger partial charge in [-0.2, -0.15) is 8.42 Å². The molecule has 1 heterocycles. The lowest BCUT2D eigenvalue weighted by atomic mass is 9.68. The van der Waals surface area contributed by atoms with Gasteiger partial charge in [-0.1, -0.05) is 42.5 Å². The molecule has 202 valence electrons. The molecular formula is C26H40Cl2N4O3S. The van der Waals surface area contributed by atoms with Crippen molar-refractivity contribution in [2.24, 2.45) is 5.14 Å². The predicted molar refractivity (Wildman–Crippen MR) is 150 cm³/mol. The molecule has 0 unspecified atom stereocenters. The van der Waals surface area contributed by atoms with E-state index in [1.807, 2.05) is 18.2 Å². The highest BCUT2D eigenvalue weighted by Gasteiger charge is 2.38. The molecule has 0 radical (unpaired) electrons. The lowest BCUT2D eigenvalue weighted by Crippen LogP contribution is -2.50. The maximum atomic E-state index is 11.7. The van der Waals surface area contributed by atoms with Crippen molar-refractivity contribution in [2.75, 3.05) is 26.7 Å². The van der Waals surface area contributed by atoms with Gasteiger partial charge in [0.1, 0.15) is 5.75 Å². The fraction of sp³-hybridized carbons (Fsp3) is 0.538. The summed E-state index contributed by atoms with van der Waals surface area (Å²) in [6, 6.07) is 19.7. The van der Waals surface area contributed by atoms with Crippen LogP contribution in [0.25, 0.3) is 0 Å². The van der Waals surface area contributed by atoms with Gasteiger partial charge in [0, 0.05) is 30.6 Å². The summed E-state index contributed by atoms with van der Waals surface area (Å²) in [5.41, 5.74) is 2.21. The highest BCUT2D eigenvalue weighted by atomic mass is 35.5. The first-order valence-corrected chi connectivity index (χ1v) is 13.8. The second-order valence-electron chi connectivity index (χ2n) is 9.86. The fourth-order valence-corrected chi connectivity index (χ4v) is 6.01. The SMILES string of the molecule is COc1cccc([C@]2(CNS(N)(=O)=O)CC[C@H](NC3CCN(Cc4ccccc4)CC3)CC2)c1.Cl.Cl. The number of ether oxygens (including phenoxy) is 1. The zero-order chi connectivity index (χ0) is 24.0. The molecule has 0 spiro atoms. The maximum absolute atomic E-state index is 11.7. The minimum atomic E-state index is -3.75. The number of benzene rings is 2. The van der Waals surface area contributed by atoms with Gasteiger partial charge in [-0.05, 0) is 74.9 Å². The van der Waals surface area contributed by atoms with Crippen LogP contribution in [0.1, 0.15) is 49.7 Å². The predicted octanol–water partition coefficient (Wildman–Crippen LogP) is 3.77. The first kappa shape index (κ1) is 30.8. The molecule has 1 aliphatic carbocycles. The molecule has 0 bridgehead atoms. The van der Waals surface area contributed by atoms with Crippen LogP contribution in [-0.2, 0) is 22.2 Å². The monoisotopic (exact) mass is 558 g/mol. The van der Waals surface area contributed by atoms with Crippen molar-refractivity contribution in [1.29, 1.82) is 0 Å². The Morgan fingerprint density at radius 2 is 1.61 bits per heavy atom. The molecule has 1 aliphatic heterocycles. The number of piperidine rings is 1. The van der Waals surface area contributed by atoms with Crippen molar-refractivity contribution in [3.8, 4) is 5.75 Å². The molecule has 2 aromatic carbocycles. The molecule has 2 aliphatic rings. The molecule has 4 N–H and O–H groups in total. The molecule has 10 heteroatoms. The van der Waals surface area contributed by atoms with E-state index < -0.39 is 10.2 Å². The summed E-state index contributed by atoms with van der Waals surface area (Å²) in [5, 5.41) is 9.19. The van der Waals surface area contributed by atoms with E-state index in [4.69, 9.17) is 9.88 Å². The summed E-state index contributed by atoms with van der Waals surface area (Å²) in [7, 11) is -2.10. The van der Waals surface area contributed by atoms with E-state index in [-0.39, 0.29) is 30.2 Å². The highest BCUT2D eigenvalue weighted by molar-refractivity contribution is 7.87.